The second kappa shape index (κ2) is 6.06. The van der Waals surface area contributed by atoms with Gasteiger partial charge in [0.15, 0.2) is 0 Å². The Morgan fingerprint density at radius 1 is 1.47 bits per heavy atom. The van der Waals surface area contributed by atoms with Crippen LogP contribution in [-0.2, 0) is 0 Å². The second-order valence-corrected chi connectivity index (χ2v) is 5.63. The van der Waals surface area contributed by atoms with Crippen LogP contribution >= 0.6 is 43.5 Å². The Morgan fingerprint density at radius 3 is 2.67 bits per heavy atom. The third-order valence-corrected chi connectivity index (χ3v) is 3.79. The Balaban J connectivity index is 2.72. The van der Waals surface area contributed by atoms with Crippen LogP contribution in [-0.4, -0.2) is 16.9 Å². The molecule has 15 heavy (non-hydrogen) atoms. The van der Waals surface area contributed by atoms with Gasteiger partial charge in [0.25, 0.3) is 0 Å². The van der Waals surface area contributed by atoms with Crippen LogP contribution < -0.4 is 5.32 Å². The minimum absolute atomic E-state index is 0.299. The van der Waals surface area contributed by atoms with Gasteiger partial charge in [0.1, 0.15) is 5.82 Å². The van der Waals surface area contributed by atoms with Crippen molar-refractivity contribution in [3.63, 3.8) is 0 Å². The Kier molecular flexibility index (Phi) is 5.36. The van der Waals surface area contributed by atoms with Crippen LogP contribution in [0.5, 0.6) is 0 Å². The molecule has 1 rings (SSSR count). The van der Waals surface area contributed by atoms with E-state index in [1.165, 1.54) is 0 Å². The Labute approximate surface area is 112 Å². The molecule has 0 bridgehead atoms. The van der Waals surface area contributed by atoms with Gasteiger partial charge in [-0.1, -0.05) is 6.92 Å². The van der Waals surface area contributed by atoms with Crippen LogP contribution in [0.3, 0.4) is 0 Å². The van der Waals surface area contributed by atoms with Crippen molar-refractivity contribution in [1.82, 2.24) is 4.98 Å². The summed E-state index contributed by atoms with van der Waals surface area (Å²) in [6.07, 6.45) is 1.77. The summed E-state index contributed by atoms with van der Waals surface area (Å²) in [5.74, 6) is 1.90. The lowest BCUT2D eigenvalue weighted by atomic mass is 10.1. The molecule has 2 atom stereocenters. The van der Waals surface area contributed by atoms with E-state index in [0.29, 0.717) is 17.8 Å². The maximum atomic E-state index is 5.80. The average molecular weight is 356 g/mol. The topological polar surface area (TPSA) is 24.9 Å². The number of rotatable bonds is 4. The summed E-state index contributed by atoms with van der Waals surface area (Å²) in [7, 11) is 0. The number of hydrogen-bond donors (Lipinski definition) is 1. The molecule has 0 aromatic carbocycles. The van der Waals surface area contributed by atoms with E-state index in [9.17, 15) is 0 Å². The number of hydrogen-bond acceptors (Lipinski definition) is 2. The molecule has 2 nitrogen and oxygen atoms in total. The highest BCUT2D eigenvalue weighted by atomic mass is 79.9. The molecule has 0 spiro atoms. The van der Waals surface area contributed by atoms with Gasteiger partial charge in [0, 0.05) is 22.6 Å². The minimum Gasteiger partial charge on any atom is -0.366 e. The molecular weight excluding hydrogens is 343 g/mol. The predicted molar refractivity (Wildman–Crippen MR) is 72.6 cm³/mol. The van der Waals surface area contributed by atoms with Gasteiger partial charge in [-0.05, 0) is 50.8 Å². The Bertz CT molecular complexity index is 333. The van der Waals surface area contributed by atoms with Gasteiger partial charge in [-0.25, -0.2) is 4.98 Å². The maximum Gasteiger partial charge on any atom is 0.140 e. The molecule has 0 fully saturated rings. The molecule has 0 aliphatic rings. The van der Waals surface area contributed by atoms with Crippen LogP contribution in [0.4, 0.5) is 5.82 Å². The summed E-state index contributed by atoms with van der Waals surface area (Å²) < 4.78 is 1.91. The third kappa shape index (κ3) is 3.93. The van der Waals surface area contributed by atoms with Gasteiger partial charge in [-0.2, -0.15) is 0 Å². The number of pyridine rings is 1. The highest BCUT2D eigenvalue weighted by Crippen LogP contribution is 2.24. The van der Waals surface area contributed by atoms with E-state index in [1.807, 2.05) is 6.07 Å². The summed E-state index contributed by atoms with van der Waals surface area (Å²) in [4.78, 5) is 4.29. The first-order valence-corrected chi connectivity index (χ1v) is 6.80. The molecule has 1 aromatic heterocycles. The third-order valence-electron chi connectivity index (χ3n) is 2.27. The SMILES string of the molecule is CC(CCl)C(C)Nc1ncc(Br)cc1Br. The van der Waals surface area contributed by atoms with Crippen LogP contribution in [0, 0.1) is 5.92 Å². The van der Waals surface area contributed by atoms with E-state index >= 15 is 0 Å². The van der Waals surface area contributed by atoms with E-state index in [0.717, 1.165) is 14.8 Å². The number of halogens is 3. The van der Waals surface area contributed by atoms with Gasteiger partial charge in [-0.3, -0.25) is 0 Å². The van der Waals surface area contributed by atoms with Gasteiger partial charge >= 0.3 is 0 Å². The van der Waals surface area contributed by atoms with Crippen molar-refractivity contribution >= 4 is 49.3 Å². The van der Waals surface area contributed by atoms with E-state index in [1.54, 1.807) is 6.20 Å². The summed E-state index contributed by atoms with van der Waals surface area (Å²) >= 11 is 12.6. The molecule has 0 aliphatic heterocycles. The van der Waals surface area contributed by atoms with Crippen LogP contribution in [0.1, 0.15) is 13.8 Å². The molecule has 1 aromatic rings. The van der Waals surface area contributed by atoms with Crippen LogP contribution in [0.15, 0.2) is 21.2 Å². The van der Waals surface area contributed by atoms with E-state index in [4.69, 9.17) is 11.6 Å². The zero-order valence-electron chi connectivity index (χ0n) is 8.60. The zero-order valence-corrected chi connectivity index (χ0v) is 12.5. The van der Waals surface area contributed by atoms with Crippen molar-refractivity contribution in [2.75, 3.05) is 11.2 Å². The standard InChI is InChI=1S/C10H13Br2ClN2/c1-6(4-13)7(2)15-10-9(12)3-8(11)5-14-10/h3,5-7H,4H2,1-2H3,(H,14,15). The number of nitrogens with one attached hydrogen (secondary N) is 1. The Morgan fingerprint density at radius 2 is 2.13 bits per heavy atom. The highest BCUT2D eigenvalue weighted by molar-refractivity contribution is 9.11. The largest absolute Gasteiger partial charge is 0.366 e. The number of aromatic nitrogens is 1. The van der Waals surface area contributed by atoms with E-state index in [-0.39, 0.29) is 0 Å². The molecule has 0 aliphatic carbocycles. The van der Waals surface area contributed by atoms with Gasteiger partial charge in [-0.15, -0.1) is 11.6 Å². The monoisotopic (exact) mass is 354 g/mol. The maximum absolute atomic E-state index is 5.80. The first-order chi connectivity index (χ1) is 7.04. The smallest absolute Gasteiger partial charge is 0.140 e. The molecule has 0 amide bonds. The van der Waals surface area contributed by atoms with E-state index in [2.05, 4.69) is 56.0 Å². The fourth-order valence-electron chi connectivity index (χ4n) is 1.01. The van der Waals surface area contributed by atoms with Crippen LogP contribution in [0.25, 0.3) is 0 Å². The molecule has 1 heterocycles. The number of nitrogens with zero attached hydrogens (tertiary/aromatic N) is 1. The average Bonchev–Trinajstić information content (AvgIpc) is 2.20. The van der Waals surface area contributed by atoms with Crippen LogP contribution in [0.2, 0.25) is 0 Å². The number of alkyl halides is 1. The van der Waals surface area contributed by atoms with Crippen molar-refractivity contribution in [2.24, 2.45) is 5.92 Å². The lowest BCUT2D eigenvalue weighted by Crippen LogP contribution is -2.25. The van der Waals surface area contributed by atoms with Crippen molar-refractivity contribution < 1.29 is 0 Å². The highest BCUT2D eigenvalue weighted by Gasteiger charge is 2.12. The molecular formula is C10H13Br2ClN2. The predicted octanol–water partition coefficient (Wildman–Crippen LogP) is 4.28. The van der Waals surface area contributed by atoms with Crippen molar-refractivity contribution in [2.45, 2.75) is 19.9 Å². The summed E-state index contributed by atoms with van der Waals surface area (Å²) in [5.41, 5.74) is 0. The molecule has 0 saturated carbocycles. The fourth-order valence-corrected chi connectivity index (χ4v) is 2.38. The molecule has 84 valence electrons. The fraction of sp³-hybridized carbons (Fsp3) is 0.500. The van der Waals surface area contributed by atoms with Gasteiger partial charge in [0.2, 0.25) is 0 Å². The first kappa shape index (κ1) is 13.3. The Hall–Kier alpha value is 0.200. The molecule has 5 heteroatoms. The second-order valence-electron chi connectivity index (χ2n) is 3.55. The molecule has 1 N–H and O–H groups in total. The van der Waals surface area contributed by atoms with Gasteiger partial charge < -0.3 is 5.32 Å². The van der Waals surface area contributed by atoms with Crippen molar-refractivity contribution in [3.05, 3.63) is 21.2 Å². The molecule has 0 radical (unpaired) electrons. The quantitative estimate of drug-likeness (QED) is 0.815. The lowest BCUT2D eigenvalue weighted by molar-refractivity contribution is 0.564. The van der Waals surface area contributed by atoms with E-state index < -0.39 is 0 Å². The first-order valence-electron chi connectivity index (χ1n) is 4.68. The zero-order chi connectivity index (χ0) is 11.4. The summed E-state index contributed by atoms with van der Waals surface area (Å²) in [5, 5.41) is 3.32. The molecule has 2 unspecified atom stereocenters. The minimum atomic E-state index is 0.299. The number of anilines is 1. The summed E-state index contributed by atoms with van der Waals surface area (Å²) in [6, 6.07) is 2.26. The van der Waals surface area contributed by atoms with Crippen molar-refractivity contribution in [3.8, 4) is 0 Å². The van der Waals surface area contributed by atoms with Crippen molar-refractivity contribution in [1.29, 1.82) is 0 Å². The van der Waals surface area contributed by atoms with Gasteiger partial charge in [0.05, 0.1) is 4.47 Å². The normalized spacial score (nSPS) is 14.7. The lowest BCUT2D eigenvalue weighted by Gasteiger charge is -2.20. The summed E-state index contributed by atoms with van der Waals surface area (Å²) in [6.45, 7) is 4.21. The molecule has 0 saturated heterocycles.